The predicted octanol–water partition coefficient (Wildman–Crippen LogP) is 13.1. The summed E-state index contributed by atoms with van der Waals surface area (Å²) in [6.07, 6.45) is 17.5. The van der Waals surface area contributed by atoms with E-state index >= 15 is 0 Å². The Hall–Kier alpha value is -5.29. The van der Waals surface area contributed by atoms with Gasteiger partial charge in [0.15, 0.2) is 5.82 Å². The largest absolute Gasteiger partial charge is 0.307 e. The predicted molar refractivity (Wildman–Crippen MR) is 238 cm³/mol. The van der Waals surface area contributed by atoms with Gasteiger partial charge in [-0.25, -0.2) is 15.0 Å². The van der Waals surface area contributed by atoms with E-state index in [9.17, 15) is 0 Å². The highest BCUT2D eigenvalue weighted by Gasteiger charge is 2.55. The molecule has 0 spiro atoms. The molecular formula is C54H51N5. The van der Waals surface area contributed by atoms with Gasteiger partial charge in [0.05, 0.1) is 22.1 Å². The van der Waals surface area contributed by atoms with Crippen LogP contribution in [-0.4, -0.2) is 24.1 Å². The fraction of sp³-hybridized carbons (Fsp3) is 0.389. The molecule has 7 fully saturated rings. The maximum absolute atomic E-state index is 5.78. The summed E-state index contributed by atoms with van der Waals surface area (Å²) < 4.78 is 5.01. The molecule has 5 heteroatoms. The molecule has 59 heavy (non-hydrogen) atoms. The highest BCUT2D eigenvalue weighted by atomic mass is 15.1. The van der Waals surface area contributed by atoms with Crippen LogP contribution >= 0.6 is 0 Å². The molecule has 5 nitrogen and oxygen atoms in total. The van der Waals surface area contributed by atoms with Gasteiger partial charge in [-0.3, -0.25) is 0 Å². The van der Waals surface area contributed by atoms with Crippen LogP contribution in [0.1, 0.15) is 95.1 Å². The maximum Gasteiger partial charge on any atom is 0.163 e. The number of hydrogen-bond donors (Lipinski definition) is 0. The molecule has 3 heterocycles. The lowest BCUT2D eigenvalue weighted by Gasteiger charge is -2.56. The molecule has 292 valence electrons. The van der Waals surface area contributed by atoms with Crippen molar-refractivity contribution >= 4 is 43.6 Å². The highest BCUT2D eigenvalue weighted by molar-refractivity contribution is 6.23. The Morgan fingerprint density at radius 2 is 1.03 bits per heavy atom. The van der Waals surface area contributed by atoms with Crippen molar-refractivity contribution in [3.63, 3.8) is 0 Å². The van der Waals surface area contributed by atoms with E-state index < -0.39 is 0 Å². The summed E-state index contributed by atoms with van der Waals surface area (Å²) in [5.41, 5.74) is 8.55. The zero-order valence-corrected chi connectivity index (χ0v) is 33.9. The van der Waals surface area contributed by atoms with Gasteiger partial charge in [-0.1, -0.05) is 85.3 Å². The summed E-state index contributed by atoms with van der Waals surface area (Å²) in [7, 11) is 0. The molecule has 8 aromatic rings. The molecule has 0 amide bonds. The number of rotatable bonds is 5. The lowest BCUT2D eigenvalue weighted by atomic mass is 9.49. The Kier molecular flexibility index (Phi) is 6.90. The van der Waals surface area contributed by atoms with Crippen LogP contribution in [0.25, 0.3) is 66.4 Å². The van der Waals surface area contributed by atoms with Crippen LogP contribution < -0.4 is 0 Å². The van der Waals surface area contributed by atoms with Crippen LogP contribution in [0.2, 0.25) is 0 Å². The summed E-state index contributed by atoms with van der Waals surface area (Å²) in [6, 6.07) is 42.7. The molecule has 7 bridgehead atoms. The Balaban J connectivity index is 1.00. The van der Waals surface area contributed by atoms with Crippen molar-refractivity contribution in [2.24, 2.45) is 35.5 Å². The number of para-hydroxylation sites is 3. The number of benzene rings is 5. The standard InChI is InChI=1S/C54H51N5/c1-2-10-40(11-3-1)58-46-15-6-4-13-42(46)44-19-20-45-43-14-5-7-16-47(43)59(49(45)48(44)58)41-12-8-9-38(27-41)50-55-51(53-22-21-37-18-17-33(28-53)26-39(37)32-53)57-52(56-50)54-29-34-23-35(30-54)25-36(24-34)31-54/h1-16,19-20,27,33-37,39H,17-18,21-26,28-32H2. The minimum absolute atomic E-state index is 0.0974. The zero-order chi connectivity index (χ0) is 38.5. The first-order valence-corrected chi connectivity index (χ1v) is 23.0. The third-order valence-electron chi connectivity index (χ3n) is 17.0. The van der Waals surface area contributed by atoms with Crippen molar-refractivity contribution in [1.29, 1.82) is 0 Å². The second-order valence-electron chi connectivity index (χ2n) is 20.4. The normalized spacial score (nSPS) is 30.6. The van der Waals surface area contributed by atoms with Crippen molar-refractivity contribution in [3.05, 3.63) is 127 Å². The zero-order valence-electron chi connectivity index (χ0n) is 33.9. The third kappa shape index (κ3) is 4.82. The SMILES string of the molecule is c1ccc(-n2c3ccccc3c3ccc4c5ccccc5n(-c5cccc(-c6nc(C78CC9CC(CC(C9)C7)C8)nc(C78CCC9CCC(CC9C7)C8)n6)c5)c4c32)cc1. The summed E-state index contributed by atoms with van der Waals surface area (Å²) in [5, 5.41) is 5.08. The second-order valence-corrected chi connectivity index (χ2v) is 20.4. The average molecular weight is 770 g/mol. The smallest absolute Gasteiger partial charge is 0.163 e. The number of hydrogen-bond acceptors (Lipinski definition) is 3. The first-order chi connectivity index (χ1) is 29.1. The molecule has 0 aliphatic heterocycles. The van der Waals surface area contributed by atoms with Crippen molar-refractivity contribution in [1.82, 2.24) is 24.1 Å². The fourth-order valence-corrected chi connectivity index (χ4v) is 15.1. The summed E-state index contributed by atoms with van der Waals surface area (Å²) in [4.78, 5) is 17.2. The van der Waals surface area contributed by atoms with E-state index in [0.29, 0.717) is 0 Å². The van der Waals surface area contributed by atoms with Crippen LogP contribution in [0.4, 0.5) is 0 Å². The van der Waals surface area contributed by atoms with Gasteiger partial charge < -0.3 is 9.13 Å². The highest BCUT2D eigenvalue weighted by Crippen LogP contribution is 2.62. The molecule has 7 saturated carbocycles. The Bertz CT molecular complexity index is 2970. The molecule has 3 aromatic heterocycles. The molecule has 0 N–H and O–H groups in total. The third-order valence-corrected chi connectivity index (χ3v) is 17.0. The first-order valence-electron chi connectivity index (χ1n) is 23.0. The molecular weight excluding hydrogens is 719 g/mol. The van der Waals surface area contributed by atoms with Gasteiger partial charge in [0.1, 0.15) is 11.6 Å². The van der Waals surface area contributed by atoms with Crippen molar-refractivity contribution in [2.45, 2.75) is 94.3 Å². The Morgan fingerprint density at radius 3 is 1.73 bits per heavy atom. The number of nitrogens with zero attached hydrogens (tertiary/aromatic N) is 5. The second kappa shape index (κ2) is 12.1. The van der Waals surface area contributed by atoms with Gasteiger partial charge in [-0.2, -0.15) is 0 Å². The minimum atomic E-state index is 0.0974. The molecule has 15 rings (SSSR count). The van der Waals surface area contributed by atoms with Gasteiger partial charge in [-0.15, -0.1) is 0 Å². The first kappa shape index (κ1) is 33.5. The van der Waals surface area contributed by atoms with Crippen molar-refractivity contribution in [3.8, 4) is 22.8 Å². The molecule has 0 saturated heterocycles. The van der Waals surface area contributed by atoms with Gasteiger partial charge in [0.25, 0.3) is 0 Å². The molecule has 0 radical (unpaired) electrons. The Labute approximate surface area is 345 Å². The average Bonchev–Trinajstić information content (AvgIpc) is 3.79. The summed E-state index contributed by atoms with van der Waals surface area (Å²) in [5.74, 6) is 8.33. The van der Waals surface area contributed by atoms with Crippen LogP contribution in [0.5, 0.6) is 0 Å². The molecule has 7 aliphatic rings. The Morgan fingerprint density at radius 1 is 0.441 bits per heavy atom. The van der Waals surface area contributed by atoms with Crippen LogP contribution in [0, 0.1) is 35.5 Å². The van der Waals surface area contributed by atoms with Gasteiger partial charge in [0, 0.05) is 49.3 Å². The van der Waals surface area contributed by atoms with Gasteiger partial charge >= 0.3 is 0 Å². The lowest BCUT2D eigenvalue weighted by molar-refractivity contribution is -0.0115. The minimum Gasteiger partial charge on any atom is -0.307 e. The number of fused-ring (bicyclic) bond motifs is 9. The fourth-order valence-electron chi connectivity index (χ4n) is 15.1. The summed E-state index contributed by atoms with van der Waals surface area (Å²) >= 11 is 0. The van der Waals surface area contributed by atoms with E-state index in [1.807, 2.05) is 0 Å². The van der Waals surface area contributed by atoms with Crippen LogP contribution in [-0.2, 0) is 10.8 Å². The van der Waals surface area contributed by atoms with Gasteiger partial charge in [-0.05, 0) is 149 Å². The topological polar surface area (TPSA) is 48.5 Å². The summed E-state index contributed by atoms with van der Waals surface area (Å²) in [6.45, 7) is 0. The monoisotopic (exact) mass is 769 g/mol. The van der Waals surface area contributed by atoms with E-state index in [0.717, 1.165) is 64.2 Å². The van der Waals surface area contributed by atoms with Gasteiger partial charge in [0.2, 0.25) is 0 Å². The van der Waals surface area contributed by atoms with Crippen LogP contribution in [0.3, 0.4) is 0 Å². The van der Waals surface area contributed by atoms with E-state index in [-0.39, 0.29) is 10.8 Å². The van der Waals surface area contributed by atoms with E-state index in [2.05, 4.69) is 124 Å². The molecule has 5 aromatic carbocycles. The molecule has 4 unspecified atom stereocenters. The van der Waals surface area contributed by atoms with Crippen LogP contribution in [0.15, 0.2) is 115 Å². The molecule has 4 atom stereocenters. The maximum atomic E-state index is 5.78. The van der Waals surface area contributed by atoms with Crippen molar-refractivity contribution < 1.29 is 0 Å². The quantitative estimate of drug-likeness (QED) is 0.175. The van der Waals surface area contributed by atoms with Crippen molar-refractivity contribution in [2.75, 3.05) is 0 Å². The number of aromatic nitrogens is 5. The van der Waals surface area contributed by atoms with E-state index in [4.69, 9.17) is 15.0 Å². The lowest BCUT2D eigenvalue weighted by Crippen LogP contribution is -2.50. The molecule has 7 aliphatic carbocycles. The van der Waals surface area contributed by atoms with E-state index in [1.54, 1.807) is 0 Å². The van der Waals surface area contributed by atoms with E-state index in [1.165, 1.54) is 133 Å².